The van der Waals surface area contributed by atoms with Gasteiger partial charge in [0.2, 0.25) is 0 Å². The molecule has 0 aliphatic heterocycles. The molecular formula is C12H14BrClFNO. The molecule has 0 aliphatic carbocycles. The molecule has 0 aliphatic rings. The highest BCUT2D eigenvalue weighted by molar-refractivity contribution is 9.10. The first kappa shape index (κ1) is 14.6. The van der Waals surface area contributed by atoms with Gasteiger partial charge in [-0.1, -0.05) is 25.4 Å². The summed E-state index contributed by atoms with van der Waals surface area (Å²) in [6.45, 7) is 3.61. The Morgan fingerprint density at radius 3 is 2.47 bits per heavy atom. The Kier molecular flexibility index (Phi) is 4.69. The number of carbonyl (C=O) groups excluding carboxylic acids is 1. The van der Waals surface area contributed by atoms with Gasteiger partial charge in [-0.25, -0.2) is 4.39 Å². The minimum absolute atomic E-state index is 0.0515. The Bertz CT molecular complexity index is 446. The molecule has 0 saturated carbocycles. The van der Waals surface area contributed by atoms with E-state index in [0.29, 0.717) is 17.3 Å². The van der Waals surface area contributed by atoms with Gasteiger partial charge in [-0.15, -0.1) is 0 Å². The maximum Gasteiger partial charge on any atom is 0.185 e. The summed E-state index contributed by atoms with van der Waals surface area (Å²) in [6, 6.07) is 2.95. The molecule has 0 amide bonds. The average Bonchev–Trinajstić information content (AvgIpc) is 2.34. The predicted octanol–water partition coefficient (Wildman–Crippen LogP) is 3.94. The molecular weight excluding hydrogens is 308 g/mol. The van der Waals surface area contributed by atoms with Crippen LogP contribution in [0.3, 0.4) is 0 Å². The van der Waals surface area contributed by atoms with Gasteiger partial charge in [0.15, 0.2) is 11.6 Å². The van der Waals surface area contributed by atoms with Gasteiger partial charge in [0.1, 0.15) is 0 Å². The molecule has 1 aromatic rings. The quantitative estimate of drug-likeness (QED) is 0.674. The van der Waals surface area contributed by atoms with E-state index in [1.807, 2.05) is 0 Å². The predicted molar refractivity (Wildman–Crippen MR) is 70.9 cm³/mol. The van der Waals surface area contributed by atoms with Gasteiger partial charge < -0.3 is 5.73 Å². The second-order valence-electron chi connectivity index (χ2n) is 3.92. The summed E-state index contributed by atoms with van der Waals surface area (Å²) in [7, 11) is 0. The molecule has 0 spiro atoms. The summed E-state index contributed by atoms with van der Waals surface area (Å²) >= 11 is 8.85. The van der Waals surface area contributed by atoms with E-state index in [-0.39, 0.29) is 10.6 Å². The van der Waals surface area contributed by atoms with Crippen LogP contribution in [0.1, 0.15) is 37.0 Å². The van der Waals surface area contributed by atoms with Crippen LogP contribution in [-0.2, 0) is 0 Å². The third kappa shape index (κ3) is 2.69. The third-order valence-corrected chi connectivity index (χ3v) is 4.25. The fourth-order valence-electron chi connectivity index (χ4n) is 1.54. The second-order valence-corrected chi connectivity index (χ2v) is 5.15. The maximum absolute atomic E-state index is 13.9. The number of hydrogen-bond acceptors (Lipinski definition) is 2. The lowest BCUT2D eigenvalue weighted by atomic mass is 9.85. The smallest absolute Gasteiger partial charge is 0.185 e. The Balaban J connectivity index is 3.27. The third-order valence-electron chi connectivity index (χ3n) is 2.99. The second kappa shape index (κ2) is 5.46. The lowest BCUT2D eigenvalue weighted by Gasteiger charge is -2.25. The van der Waals surface area contributed by atoms with Crippen LogP contribution < -0.4 is 5.73 Å². The number of carbonyl (C=O) groups is 1. The summed E-state index contributed by atoms with van der Waals surface area (Å²) in [4.78, 5) is 12.2. The summed E-state index contributed by atoms with van der Waals surface area (Å²) < 4.78 is 14.3. The molecule has 0 fully saturated rings. The Hall–Kier alpha value is -0.450. The van der Waals surface area contributed by atoms with Gasteiger partial charge in [0.25, 0.3) is 0 Å². The van der Waals surface area contributed by atoms with Crippen LogP contribution in [0.15, 0.2) is 16.6 Å². The number of nitrogens with two attached hydrogens (primary N) is 1. The molecule has 1 rings (SSSR count). The fourth-order valence-corrected chi connectivity index (χ4v) is 2.01. The first-order chi connectivity index (χ1) is 7.87. The monoisotopic (exact) mass is 321 g/mol. The molecule has 0 aromatic heterocycles. The lowest BCUT2D eigenvalue weighted by Crippen LogP contribution is -2.47. The van der Waals surface area contributed by atoms with Gasteiger partial charge >= 0.3 is 0 Å². The van der Waals surface area contributed by atoms with Crippen molar-refractivity contribution in [2.45, 2.75) is 32.2 Å². The fraction of sp³-hybridized carbons (Fsp3) is 0.417. The molecule has 2 nitrogen and oxygen atoms in total. The normalized spacial score (nSPS) is 11.6. The van der Waals surface area contributed by atoms with Gasteiger partial charge in [-0.2, -0.15) is 0 Å². The zero-order valence-electron chi connectivity index (χ0n) is 9.69. The number of rotatable bonds is 4. The van der Waals surface area contributed by atoms with Crippen molar-refractivity contribution < 1.29 is 9.18 Å². The summed E-state index contributed by atoms with van der Waals surface area (Å²) in [6.07, 6.45) is 0.908. The highest BCUT2D eigenvalue weighted by atomic mass is 79.9. The number of benzene rings is 1. The Labute approximate surface area is 113 Å². The van der Waals surface area contributed by atoms with E-state index in [0.717, 1.165) is 0 Å². The SMILES string of the molecule is CCC(N)(CC)C(=O)c1ccc(Br)c(Cl)c1F. The van der Waals surface area contributed by atoms with Crippen LogP contribution in [0, 0.1) is 5.82 Å². The van der Waals surface area contributed by atoms with Gasteiger partial charge in [-0.05, 0) is 40.9 Å². The summed E-state index contributed by atoms with van der Waals surface area (Å²) in [5.41, 5.74) is 4.88. The minimum atomic E-state index is -1.03. The van der Waals surface area contributed by atoms with Crippen LogP contribution in [0.5, 0.6) is 0 Å². The molecule has 0 bridgehead atoms. The van der Waals surface area contributed by atoms with E-state index in [4.69, 9.17) is 17.3 Å². The van der Waals surface area contributed by atoms with E-state index in [9.17, 15) is 9.18 Å². The molecule has 0 atom stereocenters. The standard InChI is InChI=1S/C12H14BrClFNO/c1-3-12(16,4-2)11(17)7-5-6-8(13)9(14)10(7)15/h5-6H,3-4,16H2,1-2H3. The summed E-state index contributed by atoms with van der Waals surface area (Å²) in [5.74, 6) is -1.13. The number of halogens is 3. The number of hydrogen-bond donors (Lipinski definition) is 1. The maximum atomic E-state index is 13.9. The van der Waals surface area contributed by atoms with Gasteiger partial charge in [0.05, 0.1) is 16.1 Å². The summed E-state index contributed by atoms with van der Waals surface area (Å²) in [5, 5.41) is -0.0922. The first-order valence-corrected chi connectivity index (χ1v) is 6.51. The van der Waals surface area contributed by atoms with Crippen LogP contribution in [0.4, 0.5) is 4.39 Å². The number of Topliss-reactive ketones (excluding diaryl/α,β-unsaturated/α-hetero) is 1. The van der Waals surface area contributed by atoms with Crippen molar-refractivity contribution in [3.8, 4) is 0 Å². The molecule has 94 valence electrons. The molecule has 1 aromatic carbocycles. The van der Waals surface area contributed by atoms with Crippen molar-refractivity contribution >= 4 is 33.3 Å². The van der Waals surface area contributed by atoms with Gasteiger partial charge in [-0.3, -0.25) is 4.79 Å². The van der Waals surface area contributed by atoms with E-state index in [1.54, 1.807) is 19.9 Å². The van der Waals surface area contributed by atoms with E-state index in [1.165, 1.54) is 6.07 Å². The van der Waals surface area contributed by atoms with Crippen LogP contribution >= 0.6 is 27.5 Å². The molecule has 2 N–H and O–H groups in total. The number of ketones is 1. The average molecular weight is 323 g/mol. The molecule has 0 heterocycles. The zero-order chi connectivity index (χ0) is 13.2. The highest BCUT2D eigenvalue weighted by Crippen LogP contribution is 2.30. The van der Waals surface area contributed by atoms with Crippen molar-refractivity contribution in [2.24, 2.45) is 5.73 Å². The molecule has 17 heavy (non-hydrogen) atoms. The van der Waals surface area contributed by atoms with Crippen LogP contribution in [0.25, 0.3) is 0 Å². The van der Waals surface area contributed by atoms with E-state index < -0.39 is 17.1 Å². The minimum Gasteiger partial charge on any atom is -0.319 e. The Morgan fingerprint density at radius 1 is 1.47 bits per heavy atom. The van der Waals surface area contributed by atoms with Gasteiger partial charge in [0, 0.05) is 4.47 Å². The van der Waals surface area contributed by atoms with Crippen molar-refractivity contribution in [3.63, 3.8) is 0 Å². The van der Waals surface area contributed by atoms with Crippen molar-refractivity contribution in [3.05, 3.63) is 33.0 Å². The molecule has 0 radical (unpaired) electrons. The largest absolute Gasteiger partial charge is 0.319 e. The Morgan fingerprint density at radius 2 is 2.00 bits per heavy atom. The van der Waals surface area contributed by atoms with E-state index in [2.05, 4.69) is 15.9 Å². The molecule has 0 saturated heterocycles. The van der Waals surface area contributed by atoms with Crippen molar-refractivity contribution in [2.75, 3.05) is 0 Å². The van der Waals surface area contributed by atoms with E-state index >= 15 is 0 Å². The van der Waals surface area contributed by atoms with Crippen molar-refractivity contribution in [1.29, 1.82) is 0 Å². The lowest BCUT2D eigenvalue weighted by molar-refractivity contribution is 0.0875. The topological polar surface area (TPSA) is 43.1 Å². The first-order valence-electron chi connectivity index (χ1n) is 5.34. The zero-order valence-corrected chi connectivity index (χ0v) is 12.0. The van der Waals surface area contributed by atoms with Crippen molar-refractivity contribution in [1.82, 2.24) is 0 Å². The van der Waals surface area contributed by atoms with Crippen LogP contribution in [0.2, 0.25) is 5.02 Å². The molecule has 5 heteroatoms. The highest BCUT2D eigenvalue weighted by Gasteiger charge is 2.33. The molecule has 0 unspecified atom stereocenters. The van der Waals surface area contributed by atoms with Crippen LogP contribution in [-0.4, -0.2) is 11.3 Å².